The molecule has 2 heterocycles. The van der Waals surface area contributed by atoms with E-state index in [-0.39, 0.29) is 17.9 Å². The Hall–Kier alpha value is -3.15. The number of para-hydroxylation sites is 2. The summed E-state index contributed by atoms with van der Waals surface area (Å²) in [5, 5.41) is 3.32. The van der Waals surface area contributed by atoms with E-state index in [4.69, 9.17) is 0 Å². The fourth-order valence-electron chi connectivity index (χ4n) is 5.23. The van der Waals surface area contributed by atoms with Crippen LogP contribution < -0.4 is 10.2 Å². The lowest BCUT2D eigenvalue weighted by atomic mass is 9.85. The second-order valence-electron chi connectivity index (χ2n) is 9.60. The van der Waals surface area contributed by atoms with Crippen molar-refractivity contribution in [2.45, 2.75) is 64.6 Å². The quantitative estimate of drug-likeness (QED) is 0.667. The van der Waals surface area contributed by atoms with E-state index >= 15 is 0 Å². The van der Waals surface area contributed by atoms with Crippen molar-refractivity contribution in [2.24, 2.45) is 5.92 Å². The maximum absolute atomic E-state index is 13.9. The Morgan fingerprint density at radius 2 is 1.81 bits per heavy atom. The number of aromatic nitrogens is 2. The zero-order valence-electron chi connectivity index (χ0n) is 19.0. The third-order valence-electron chi connectivity index (χ3n) is 7.22. The molecule has 3 atom stereocenters. The summed E-state index contributed by atoms with van der Waals surface area (Å²) in [6.45, 7) is 6.45. The van der Waals surface area contributed by atoms with E-state index in [2.05, 4.69) is 17.2 Å². The summed E-state index contributed by atoms with van der Waals surface area (Å²) in [6, 6.07) is 15.6. The highest BCUT2D eigenvalue weighted by Gasteiger charge is 2.50. The molecule has 6 heteroatoms. The average Bonchev–Trinajstić information content (AvgIpc) is 3.15. The van der Waals surface area contributed by atoms with Crippen molar-refractivity contribution in [1.82, 2.24) is 14.9 Å². The van der Waals surface area contributed by atoms with Crippen molar-refractivity contribution in [3.05, 3.63) is 59.9 Å². The van der Waals surface area contributed by atoms with Gasteiger partial charge in [0, 0.05) is 11.7 Å². The summed E-state index contributed by atoms with van der Waals surface area (Å²) >= 11 is 0. The van der Waals surface area contributed by atoms with Gasteiger partial charge in [-0.15, -0.1) is 0 Å². The average molecular weight is 431 g/mol. The summed E-state index contributed by atoms with van der Waals surface area (Å²) < 4.78 is 1.91. The molecule has 1 aliphatic heterocycles. The zero-order valence-corrected chi connectivity index (χ0v) is 19.0. The van der Waals surface area contributed by atoms with Crippen molar-refractivity contribution < 1.29 is 9.59 Å². The molecule has 0 saturated heterocycles. The van der Waals surface area contributed by atoms with Crippen LogP contribution in [0.3, 0.4) is 0 Å². The molecule has 0 radical (unpaired) electrons. The third-order valence-corrected chi connectivity index (χ3v) is 7.22. The summed E-state index contributed by atoms with van der Waals surface area (Å²) in [6.07, 6.45) is 4.45. The summed E-state index contributed by atoms with van der Waals surface area (Å²) in [7, 11) is 0. The first-order chi connectivity index (χ1) is 15.4. The lowest BCUT2D eigenvalue weighted by Gasteiger charge is -2.44. The van der Waals surface area contributed by atoms with Gasteiger partial charge in [-0.3, -0.25) is 14.5 Å². The number of hydrogen-bond donors (Lipinski definition) is 1. The lowest BCUT2D eigenvalue weighted by molar-refractivity contribution is -0.127. The Kier molecular flexibility index (Phi) is 5.03. The van der Waals surface area contributed by atoms with Crippen LogP contribution >= 0.6 is 0 Å². The van der Waals surface area contributed by atoms with E-state index in [1.807, 2.05) is 66.9 Å². The lowest BCUT2D eigenvalue weighted by Crippen LogP contribution is -2.66. The number of anilines is 1. The van der Waals surface area contributed by atoms with Crippen molar-refractivity contribution in [3.63, 3.8) is 0 Å². The minimum Gasteiger partial charge on any atom is -0.351 e. The molecule has 1 fully saturated rings. The van der Waals surface area contributed by atoms with Crippen LogP contribution in [-0.2, 0) is 11.3 Å². The molecule has 1 saturated carbocycles. The number of benzene rings is 2. The first kappa shape index (κ1) is 20.7. The van der Waals surface area contributed by atoms with Gasteiger partial charge in [0.05, 0.1) is 17.6 Å². The summed E-state index contributed by atoms with van der Waals surface area (Å²) in [4.78, 5) is 33.9. The van der Waals surface area contributed by atoms with Gasteiger partial charge in [0.25, 0.3) is 5.91 Å². The van der Waals surface area contributed by atoms with Crippen molar-refractivity contribution >= 4 is 28.5 Å². The number of amides is 2. The number of hydrogen-bond acceptors (Lipinski definition) is 3. The predicted octanol–water partition coefficient (Wildman–Crippen LogP) is 4.46. The van der Waals surface area contributed by atoms with E-state index in [1.54, 1.807) is 4.90 Å². The zero-order chi connectivity index (χ0) is 22.5. The Labute approximate surface area is 188 Å². The van der Waals surface area contributed by atoms with Gasteiger partial charge in [-0.05, 0) is 56.9 Å². The minimum atomic E-state index is -1.07. The molecule has 2 aromatic carbocycles. The highest BCUT2D eigenvalue weighted by molar-refractivity contribution is 6.12. The second-order valence-corrected chi connectivity index (χ2v) is 9.60. The highest BCUT2D eigenvalue weighted by Crippen LogP contribution is 2.35. The monoisotopic (exact) mass is 430 g/mol. The van der Waals surface area contributed by atoms with E-state index in [0.717, 1.165) is 35.9 Å². The molecule has 1 aliphatic carbocycles. The fraction of sp³-hybridized carbons (Fsp3) is 0.423. The Bertz CT molecular complexity index is 1180. The van der Waals surface area contributed by atoms with Crippen LogP contribution in [0.1, 0.15) is 55.7 Å². The molecule has 2 aliphatic rings. The minimum absolute atomic E-state index is 0.103. The highest BCUT2D eigenvalue weighted by atomic mass is 16.2. The van der Waals surface area contributed by atoms with E-state index in [9.17, 15) is 9.59 Å². The smallest absolute Gasteiger partial charge is 0.295 e. The van der Waals surface area contributed by atoms with Crippen molar-refractivity contribution in [3.8, 4) is 0 Å². The maximum Gasteiger partial charge on any atom is 0.295 e. The number of nitrogens with one attached hydrogen (secondary N) is 1. The first-order valence-electron chi connectivity index (χ1n) is 11.6. The van der Waals surface area contributed by atoms with Crippen LogP contribution in [0.2, 0.25) is 0 Å². The number of imidazole rings is 1. The molecule has 3 aromatic rings. The van der Waals surface area contributed by atoms with Crippen LogP contribution in [0.5, 0.6) is 0 Å². The van der Waals surface area contributed by atoms with Gasteiger partial charge < -0.3 is 9.88 Å². The van der Waals surface area contributed by atoms with E-state index < -0.39 is 5.54 Å². The fourth-order valence-corrected chi connectivity index (χ4v) is 5.23. The largest absolute Gasteiger partial charge is 0.351 e. The van der Waals surface area contributed by atoms with Crippen LogP contribution in [0.25, 0.3) is 11.0 Å². The number of nitrogens with zero attached hydrogens (tertiary/aromatic N) is 3. The number of rotatable bonds is 3. The molecule has 5 rings (SSSR count). The number of carbonyl (C=O) groups is 2. The SMILES string of the molecule is Cc1ccc(N2C(=O)c3nc4ccccc4n3C[C@]2(C)C(=O)N[C@H]2CCCC[C@H]2C)cc1. The Balaban J connectivity index is 1.60. The third kappa shape index (κ3) is 3.29. The van der Waals surface area contributed by atoms with Gasteiger partial charge in [-0.1, -0.05) is 49.6 Å². The molecule has 0 bridgehead atoms. The van der Waals surface area contributed by atoms with Gasteiger partial charge in [0.1, 0.15) is 5.54 Å². The topological polar surface area (TPSA) is 67.2 Å². The predicted molar refractivity (Wildman–Crippen MR) is 126 cm³/mol. The van der Waals surface area contributed by atoms with E-state index in [0.29, 0.717) is 24.0 Å². The van der Waals surface area contributed by atoms with Crippen LogP contribution in [0, 0.1) is 12.8 Å². The molecule has 1 aromatic heterocycles. The molecule has 32 heavy (non-hydrogen) atoms. The molecule has 0 spiro atoms. The van der Waals surface area contributed by atoms with E-state index in [1.165, 1.54) is 6.42 Å². The first-order valence-corrected chi connectivity index (χ1v) is 11.6. The molecule has 1 N–H and O–H groups in total. The maximum atomic E-state index is 13.9. The van der Waals surface area contributed by atoms with Crippen LogP contribution in [-0.4, -0.2) is 32.9 Å². The van der Waals surface area contributed by atoms with Gasteiger partial charge in [-0.2, -0.15) is 0 Å². The molecule has 0 unspecified atom stereocenters. The summed E-state index contributed by atoms with van der Waals surface area (Å²) in [5.74, 6) is 0.468. The molecule has 2 amide bonds. The number of aryl methyl sites for hydroxylation is 1. The van der Waals surface area contributed by atoms with Crippen molar-refractivity contribution in [2.75, 3.05) is 4.90 Å². The molecule has 166 valence electrons. The molecular weight excluding hydrogens is 400 g/mol. The second kappa shape index (κ2) is 7.76. The van der Waals surface area contributed by atoms with Crippen molar-refractivity contribution in [1.29, 1.82) is 0 Å². The van der Waals surface area contributed by atoms with Gasteiger partial charge in [-0.25, -0.2) is 4.98 Å². The Morgan fingerprint density at radius 1 is 1.09 bits per heavy atom. The van der Waals surface area contributed by atoms with Gasteiger partial charge in [0.2, 0.25) is 11.7 Å². The van der Waals surface area contributed by atoms with Crippen LogP contribution in [0.4, 0.5) is 5.69 Å². The molecular formula is C26H30N4O2. The Morgan fingerprint density at radius 3 is 2.56 bits per heavy atom. The molecule has 6 nitrogen and oxygen atoms in total. The summed E-state index contributed by atoms with van der Waals surface area (Å²) in [5.41, 5.74) is 2.40. The normalized spacial score (nSPS) is 25.6. The number of carbonyl (C=O) groups excluding carboxylic acids is 2. The van der Waals surface area contributed by atoms with Gasteiger partial charge in [0.15, 0.2) is 0 Å². The van der Waals surface area contributed by atoms with Crippen LogP contribution in [0.15, 0.2) is 48.5 Å². The van der Waals surface area contributed by atoms with Gasteiger partial charge >= 0.3 is 0 Å². The number of fused-ring (bicyclic) bond motifs is 3. The standard InChI is InChI=1S/C26H30N4O2/c1-17-12-14-19(15-13-17)30-24(31)23-27-21-10-6-7-11-22(21)29(23)16-26(30,3)25(32)28-20-9-5-4-8-18(20)2/h6-7,10-15,18,20H,4-5,8-9,16H2,1-3H3,(H,28,32)/t18-,20+,26-/m1/s1.